The SMILES string of the molecule is COCc1cc(COc2ccccc2O)no1. The lowest BCUT2D eigenvalue weighted by Gasteiger charge is -2.04. The summed E-state index contributed by atoms with van der Waals surface area (Å²) in [6, 6.07) is 8.52. The van der Waals surface area contributed by atoms with Crippen LogP contribution >= 0.6 is 0 Å². The van der Waals surface area contributed by atoms with Gasteiger partial charge in [0.1, 0.15) is 18.9 Å². The highest BCUT2D eigenvalue weighted by molar-refractivity contribution is 5.37. The highest BCUT2D eigenvalue weighted by Gasteiger charge is 2.06. The number of nitrogens with zero attached hydrogens (tertiary/aromatic N) is 1. The van der Waals surface area contributed by atoms with Crippen molar-refractivity contribution >= 4 is 0 Å². The molecule has 2 aromatic rings. The van der Waals surface area contributed by atoms with Gasteiger partial charge < -0.3 is 19.1 Å². The number of ether oxygens (including phenoxy) is 2. The summed E-state index contributed by atoms with van der Waals surface area (Å²) < 4.78 is 15.3. The number of aromatic nitrogens is 1. The lowest BCUT2D eigenvalue weighted by molar-refractivity contribution is 0.155. The first-order chi connectivity index (χ1) is 8.29. The van der Waals surface area contributed by atoms with Gasteiger partial charge >= 0.3 is 0 Å². The molecule has 0 saturated heterocycles. The molecule has 0 aliphatic carbocycles. The molecular weight excluding hydrogens is 222 g/mol. The van der Waals surface area contributed by atoms with Crippen LogP contribution in [0.15, 0.2) is 34.9 Å². The third-order valence-corrected chi connectivity index (χ3v) is 2.14. The van der Waals surface area contributed by atoms with Crippen LogP contribution in [0, 0.1) is 0 Å². The molecule has 1 N–H and O–H groups in total. The molecule has 1 aromatic heterocycles. The fraction of sp³-hybridized carbons (Fsp3) is 0.250. The van der Waals surface area contributed by atoms with Crippen molar-refractivity contribution in [3.8, 4) is 11.5 Å². The molecule has 0 bridgehead atoms. The average Bonchev–Trinajstić information content (AvgIpc) is 2.76. The Labute approximate surface area is 98.6 Å². The van der Waals surface area contributed by atoms with Crippen LogP contribution in [0.3, 0.4) is 0 Å². The predicted molar refractivity (Wildman–Crippen MR) is 59.7 cm³/mol. The second-order valence-corrected chi connectivity index (χ2v) is 3.47. The summed E-state index contributed by atoms with van der Waals surface area (Å²) >= 11 is 0. The monoisotopic (exact) mass is 235 g/mol. The first-order valence-electron chi connectivity index (χ1n) is 5.14. The lowest BCUT2D eigenvalue weighted by Crippen LogP contribution is -1.95. The fourth-order valence-electron chi connectivity index (χ4n) is 1.37. The largest absolute Gasteiger partial charge is 0.504 e. The zero-order valence-electron chi connectivity index (χ0n) is 9.42. The topological polar surface area (TPSA) is 64.7 Å². The Hall–Kier alpha value is -2.01. The smallest absolute Gasteiger partial charge is 0.162 e. The Morgan fingerprint density at radius 1 is 1.29 bits per heavy atom. The van der Waals surface area contributed by atoms with E-state index in [1.807, 2.05) is 0 Å². The number of rotatable bonds is 5. The minimum atomic E-state index is 0.105. The van der Waals surface area contributed by atoms with Gasteiger partial charge in [0.05, 0.1) is 0 Å². The van der Waals surface area contributed by atoms with E-state index in [-0.39, 0.29) is 12.4 Å². The van der Waals surface area contributed by atoms with Crippen molar-refractivity contribution in [3.05, 3.63) is 41.8 Å². The van der Waals surface area contributed by atoms with Crippen molar-refractivity contribution in [2.75, 3.05) is 7.11 Å². The van der Waals surface area contributed by atoms with Gasteiger partial charge in [-0.15, -0.1) is 0 Å². The van der Waals surface area contributed by atoms with E-state index in [1.165, 1.54) is 0 Å². The standard InChI is InChI=1S/C12H13NO4/c1-15-8-10-6-9(13-17-10)7-16-12-5-3-2-4-11(12)14/h2-6,14H,7-8H2,1H3. The number of methoxy groups -OCH3 is 1. The summed E-state index contributed by atoms with van der Waals surface area (Å²) in [5.41, 5.74) is 0.653. The van der Waals surface area contributed by atoms with Gasteiger partial charge in [-0.05, 0) is 12.1 Å². The van der Waals surface area contributed by atoms with E-state index in [4.69, 9.17) is 14.0 Å². The van der Waals surface area contributed by atoms with Crippen LogP contribution in [0.2, 0.25) is 0 Å². The predicted octanol–water partition coefficient (Wildman–Crippen LogP) is 2.11. The van der Waals surface area contributed by atoms with Gasteiger partial charge in [-0.2, -0.15) is 0 Å². The maximum Gasteiger partial charge on any atom is 0.162 e. The number of hydrogen-bond acceptors (Lipinski definition) is 5. The molecule has 0 atom stereocenters. The zero-order valence-corrected chi connectivity index (χ0v) is 9.42. The molecule has 17 heavy (non-hydrogen) atoms. The van der Waals surface area contributed by atoms with Gasteiger partial charge in [0, 0.05) is 13.2 Å². The molecule has 0 aliphatic heterocycles. The molecule has 0 spiro atoms. The van der Waals surface area contributed by atoms with Crippen LogP contribution in [-0.2, 0) is 18.0 Å². The van der Waals surface area contributed by atoms with Crippen LogP contribution < -0.4 is 4.74 Å². The van der Waals surface area contributed by atoms with Crippen molar-refractivity contribution in [1.82, 2.24) is 5.16 Å². The van der Waals surface area contributed by atoms with Crippen LogP contribution in [-0.4, -0.2) is 17.4 Å². The number of phenolic OH excluding ortho intramolecular Hbond substituents is 1. The van der Waals surface area contributed by atoms with Crippen molar-refractivity contribution < 1.29 is 19.1 Å². The average molecular weight is 235 g/mol. The van der Waals surface area contributed by atoms with Crippen LogP contribution in [0.5, 0.6) is 11.5 Å². The molecule has 0 fully saturated rings. The van der Waals surface area contributed by atoms with Gasteiger partial charge in [0.2, 0.25) is 0 Å². The molecule has 1 heterocycles. The number of para-hydroxylation sites is 2. The molecule has 90 valence electrons. The Morgan fingerprint density at radius 2 is 2.12 bits per heavy atom. The van der Waals surface area contributed by atoms with Gasteiger partial charge in [-0.1, -0.05) is 17.3 Å². The summed E-state index contributed by atoms with van der Waals surface area (Å²) in [7, 11) is 1.58. The summed E-state index contributed by atoms with van der Waals surface area (Å²) in [5.74, 6) is 1.17. The van der Waals surface area contributed by atoms with E-state index < -0.39 is 0 Å². The second-order valence-electron chi connectivity index (χ2n) is 3.47. The van der Waals surface area contributed by atoms with Crippen molar-refractivity contribution in [2.45, 2.75) is 13.2 Å². The summed E-state index contributed by atoms with van der Waals surface area (Å²) in [4.78, 5) is 0. The number of benzene rings is 1. The van der Waals surface area contributed by atoms with E-state index in [0.29, 0.717) is 23.8 Å². The van der Waals surface area contributed by atoms with Crippen LogP contribution in [0.25, 0.3) is 0 Å². The quantitative estimate of drug-likeness (QED) is 0.859. The van der Waals surface area contributed by atoms with Gasteiger partial charge in [-0.25, -0.2) is 0 Å². The van der Waals surface area contributed by atoms with Gasteiger partial charge in [0.15, 0.2) is 17.3 Å². The van der Waals surface area contributed by atoms with Crippen molar-refractivity contribution in [3.63, 3.8) is 0 Å². The highest BCUT2D eigenvalue weighted by atomic mass is 16.5. The normalized spacial score (nSPS) is 10.4. The molecular formula is C12H13NO4. The third-order valence-electron chi connectivity index (χ3n) is 2.14. The van der Waals surface area contributed by atoms with Crippen molar-refractivity contribution in [1.29, 1.82) is 0 Å². The molecule has 0 aliphatic rings. The summed E-state index contributed by atoms with van der Waals surface area (Å²) in [6.07, 6.45) is 0. The minimum Gasteiger partial charge on any atom is -0.504 e. The Morgan fingerprint density at radius 3 is 2.88 bits per heavy atom. The first kappa shape index (κ1) is 11.5. The van der Waals surface area contributed by atoms with E-state index in [2.05, 4.69) is 5.16 Å². The summed E-state index contributed by atoms with van der Waals surface area (Å²) in [5, 5.41) is 13.3. The molecule has 0 unspecified atom stereocenters. The van der Waals surface area contributed by atoms with E-state index in [0.717, 1.165) is 0 Å². The van der Waals surface area contributed by atoms with E-state index >= 15 is 0 Å². The Kier molecular flexibility index (Phi) is 3.62. The maximum atomic E-state index is 9.49. The fourth-order valence-corrected chi connectivity index (χ4v) is 1.37. The van der Waals surface area contributed by atoms with Crippen LogP contribution in [0.1, 0.15) is 11.5 Å². The molecule has 1 aromatic carbocycles. The van der Waals surface area contributed by atoms with E-state index in [1.54, 1.807) is 37.4 Å². The first-order valence-corrected chi connectivity index (χ1v) is 5.14. The second kappa shape index (κ2) is 5.36. The van der Waals surface area contributed by atoms with Crippen molar-refractivity contribution in [2.24, 2.45) is 0 Å². The number of hydrogen-bond donors (Lipinski definition) is 1. The molecule has 0 radical (unpaired) electrons. The third kappa shape index (κ3) is 2.98. The number of aromatic hydroxyl groups is 1. The molecule has 0 amide bonds. The summed E-state index contributed by atoms with van der Waals surface area (Å²) in [6.45, 7) is 0.619. The zero-order chi connectivity index (χ0) is 12.1. The molecule has 5 heteroatoms. The maximum absolute atomic E-state index is 9.49. The van der Waals surface area contributed by atoms with Gasteiger partial charge in [0.25, 0.3) is 0 Å². The Bertz CT molecular complexity index is 481. The number of phenols is 1. The van der Waals surface area contributed by atoms with Crippen LogP contribution in [0.4, 0.5) is 0 Å². The lowest BCUT2D eigenvalue weighted by atomic mass is 10.3. The molecule has 0 saturated carbocycles. The molecule has 5 nitrogen and oxygen atoms in total. The van der Waals surface area contributed by atoms with E-state index in [9.17, 15) is 5.11 Å². The molecule has 2 rings (SSSR count). The highest BCUT2D eigenvalue weighted by Crippen LogP contribution is 2.25. The van der Waals surface area contributed by atoms with Gasteiger partial charge in [-0.3, -0.25) is 0 Å². The Balaban J connectivity index is 1.95. The minimum absolute atomic E-state index is 0.105.